The number of amides is 1. The number of ketones is 1. The van der Waals surface area contributed by atoms with Gasteiger partial charge in [0.25, 0.3) is 0 Å². The molecule has 1 amide bonds. The van der Waals surface area contributed by atoms with Gasteiger partial charge in [0.2, 0.25) is 11.0 Å². The number of carbonyl (C=O) groups is 2. The standard InChI is InChI=1S/C26H21FN6O2S2/c27-18-10-5-4-9-16(18)22-17(13-28)24(29)33(19-11-6-12-20(34)23(19)22)25-31-32-26(37-25)36-14-21(35)30-15-7-2-1-3-8-15/h1-5,7-10,22H,6,11-12,14,29H2,(H,30,35). The summed E-state index contributed by atoms with van der Waals surface area (Å²) in [5, 5.41) is 21.7. The van der Waals surface area contributed by atoms with Crippen LogP contribution in [0.2, 0.25) is 0 Å². The molecule has 0 bridgehead atoms. The van der Waals surface area contributed by atoms with Crippen LogP contribution in [0.5, 0.6) is 0 Å². The summed E-state index contributed by atoms with van der Waals surface area (Å²) in [6.45, 7) is 0. The monoisotopic (exact) mass is 532 g/mol. The maximum atomic E-state index is 14.8. The molecule has 0 spiro atoms. The minimum Gasteiger partial charge on any atom is -0.384 e. The van der Waals surface area contributed by atoms with Crippen LogP contribution in [0.15, 0.2) is 81.6 Å². The van der Waals surface area contributed by atoms with Crippen LogP contribution in [0, 0.1) is 17.1 Å². The van der Waals surface area contributed by atoms with Crippen molar-refractivity contribution in [2.24, 2.45) is 5.73 Å². The van der Waals surface area contributed by atoms with E-state index in [1.165, 1.54) is 29.2 Å². The second-order valence-corrected chi connectivity index (χ2v) is 10.6. The molecule has 1 aliphatic heterocycles. The summed E-state index contributed by atoms with van der Waals surface area (Å²) < 4.78 is 15.4. The Labute approximate surface area is 220 Å². The number of allylic oxidation sites excluding steroid dienone is 3. The molecule has 0 saturated heterocycles. The van der Waals surface area contributed by atoms with Crippen LogP contribution < -0.4 is 16.0 Å². The first kappa shape index (κ1) is 24.7. The number of nitrogens with zero attached hydrogens (tertiary/aromatic N) is 4. The number of nitriles is 1. The molecule has 5 rings (SSSR count). The van der Waals surface area contributed by atoms with E-state index in [0.717, 1.165) is 0 Å². The van der Waals surface area contributed by atoms with Gasteiger partial charge in [-0.1, -0.05) is 59.5 Å². The summed E-state index contributed by atoms with van der Waals surface area (Å²) in [6.07, 6.45) is 1.43. The lowest BCUT2D eigenvalue weighted by atomic mass is 9.75. The van der Waals surface area contributed by atoms with Crippen LogP contribution in [0.25, 0.3) is 0 Å². The summed E-state index contributed by atoms with van der Waals surface area (Å²) in [4.78, 5) is 27.1. The SMILES string of the molecule is N#CC1=C(N)N(c2nnc(SCC(=O)Nc3ccccc3)s2)C2=C(C(=O)CCC2)C1c1ccccc1F. The quantitative estimate of drug-likeness (QED) is 0.437. The predicted octanol–water partition coefficient (Wildman–Crippen LogP) is 4.71. The lowest BCUT2D eigenvalue weighted by Crippen LogP contribution is -2.38. The van der Waals surface area contributed by atoms with Crippen molar-refractivity contribution in [3.05, 3.63) is 88.6 Å². The molecule has 1 aliphatic carbocycles. The molecule has 11 heteroatoms. The molecule has 2 aliphatic rings. The summed E-state index contributed by atoms with van der Waals surface area (Å²) in [5.74, 6) is -1.49. The van der Waals surface area contributed by atoms with Gasteiger partial charge in [-0.2, -0.15) is 5.26 Å². The number of rotatable bonds is 6. The maximum absolute atomic E-state index is 14.8. The summed E-state index contributed by atoms with van der Waals surface area (Å²) in [5.41, 5.74) is 8.50. The highest BCUT2D eigenvalue weighted by Crippen LogP contribution is 2.47. The van der Waals surface area contributed by atoms with Gasteiger partial charge in [-0.3, -0.25) is 14.5 Å². The van der Waals surface area contributed by atoms with E-state index in [4.69, 9.17) is 5.73 Å². The number of aromatic nitrogens is 2. The molecule has 186 valence electrons. The Kier molecular flexibility index (Phi) is 7.03. The summed E-state index contributed by atoms with van der Waals surface area (Å²) >= 11 is 2.43. The average molecular weight is 533 g/mol. The van der Waals surface area contributed by atoms with Crippen LogP contribution in [0.4, 0.5) is 15.2 Å². The van der Waals surface area contributed by atoms with Crippen molar-refractivity contribution < 1.29 is 14.0 Å². The van der Waals surface area contributed by atoms with E-state index in [0.29, 0.717) is 45.7 Å². The number of carbonyl (C=O) groups excluding carboxylic acids is 2. The van der Waals surface area contributed by atoms with Gasteiger partial charge in [0.15, 0.2) is 10.1 Å². The molecule has 1 atom stereocenters. The Morgan fingerprint density at radius 3 is 2.70 bits per heavy atom. The molecule has 37 heavy (non-hydrogen) atoms. The fraction of sp³-hybridized carbons (Fsp3) is 0.192. The highest BCUT2D eigenvalue weighted by molar-refractivity contribution is 8.01. The Balaban J connectivity index is 1.45. The Bertz CT molecular complexity index is 1480. The van der Waals surface area contributed by atoms with E-state index in [-0.39, 0.29) is 34.4 Å². The zero-order valence-corrected chi connectivity index (χ0v) is 21.1. The number of benzene rings is 2. The second-order valence-electron chi connectivity index (χ2n) is 8.39. The molecule has 3 aromatic rings. The summed E-state index contributed by atoms with van der Waals surface area (Å²) in [6, 6.07) is 17.4. The molecule has 3 N–H and O–H groups in total. The van der Waals surface area contributed by atoms with Crippen LogP contribution in [0.1, 0.15) is 30.7 Å². The van der Waals surface area contributed by atoms with Crippen molar-refractivity contribution in [1.29, 1.82) is 5.26 Å². The fourth-order valence-corrected chi connectivity index (χ4v) is 6.20. The van der Waals surface area contributed by atoms with Gasteiger partial charge in [-0.05, 0) is 31.0 Å². The van der Waals surface area contributed by atoms with Crippen molar-refractivity contribution in [3.8, 4) is 6.07 Å². The number of hydrogen-bond acceptors (Lipinski definition) is 9. The number of halogens is 1. The van der Waals surface area contributed by atoms with Gasteiger partial charge in [-0.25, -0.2) is 4.39 Å². The van der Waals surface area contributed by atoms with Crippen LogP contribution in [0.3, 0.4) is 0 Å². The number of nitrogens with two attached hydrogens (primary N) is 1. The normalized spacial score (nSPS) is 17.5. The number of nitrogens with one attached hydrogen (secondary N) is 1. The molecule has 1 aromatic heterocycles. The largest absolute Gasteiger partial charge is 0.384 e. The zero-order chi connectivity index (χ0) is 25.9. The zero-order valence-electron chi connectivity index (χ0n) is 19.5. The second kappa shape index (κ2) is 10.5. The third-order valence-electron chi connectivity index (χ3n) is 6.10. The molecule has 0 radical (unpaired) electrons. The third kappa shape index (κ3) is 4.85. The third-order valence-corrected chi connectivity index (χ3v) is 8.14. The van der Waals surface area contributed by atoms with Gasteiger partial charge < -0.3 is 11.1 Å². The number of hydrogen-bond donors (Lipinski definition) is 2. The Morgan fingerprint density at radius 1 is 1.19 bits per heavy atom. The van der Waals surface area contributed by atoms with E-state index >= 15 is 0 Å². The first-order valence-electron chi connectivity index (χ1n) is 11.5. The van der Waals surface area contributed by atoms with Crippen molar-refractivity contribution >= 4 is 45.6 Å². The number of para-hydroxylation sites is 1. The number of anilines is 2. The molecule has 0 saturated carbocycles. The van der Waals surface area contributed by atoms with Crippen molar-refractivity contribution in [3.63, 3.8) is 0 Å². The highest BCUT2D eigenvalue weighted by Gasteiger charge is 2.42. The average Bonchev–Trinajstić information content (AvgIpc) is 3.36. The molecule has 2 heterocycles. The summed E-state index contributed by atoms with van der Waals surface area (Å²) in [7, 11) is 0. The number of Topliss-reactive ketones (excluding diaryl/α,β-unsaturated/α-hetero) is 1. The van der Waals surface area contributed by atoms with Crippen LogP contribution in [-0.4, -0.2) is 27.6 Å². The van der Waals surface area contributed by atoms with E-state index in [1.807, 2.05) is 18.2 Å². The Morgan fingerprint density at radius 2 is 1.95 bits per heavy atom. The predicted molar refractivity (Wildman–Crippen MR) is 140 cm³/mol. The van der Waals surface area contributed by atoms with E-state index in [9.17, 15) is 19.2 Å². The van der Waals surface area contributed by atoms with E-state index < -0.39 is 11.7 Å². The van der Waals surface area contributed by atoms with E-state index in [1.54, 1.807) is 35.2 Å². The first-order chi connectivity index (χ1) is 18.0. The maximum Gasteiger partial charge on any atom is 0.234 e. The van der Waals surface area contributed by atoms with Crippen LogP contribution >= 0.6 is 23.1 Å². The smallest absolute Gasteiger partial charge is 0.234 e. The van der Waals surface area contributed by atoms with Crippen molar-refractivity contribution in [2.45, 2.75) is 29.5 Å². The minimum atomic E-state index is -0.881. The molecular weight excluding hydrogens is 511 g/mol. The van der Waals surface area contributed by atoms with Crippen LogP contribution in [-0.2, 0) is 9.59 Å². The molecular formula is C26H21FN6O2S2. The molecule has 2 aromatic carbocycles. The first-order valence-corrected chi connectivity index (χ1v) is 13.3. The lowest BCUT2D eigenvalue weighted by molar-refractivity contribution is -0.116. The molecule has 8 nitrogen and oxygen atoms in total. The van der Waals surface area contributed by atoms with Crippen molar-refractivity contribution in [2.75, 3.05) is 16.0 Å². The van der Waals surface area contributed by atoms with Gasteiger partial charge in [-0.15, -0.1) is 10.2 Å². The lowest BCUT2D eigenvalue weighted by Gasteiger charge is -2.38. The van der Waals surface area contributed by atoms with Gasteiger partial charge in [0, 0.05) is 28.9 Å². The van der Waals surface area contributed by atoms with Gasteiger partial charge in [0.05, 0.1) is 23.3 Å². The highest BCUT2D eigenvalue weighted by atomic mass is 32.2. The Hall–Kier alpha value is -4.01. The minimum absolute atomic E-state index is 0.0886. The topological polar surface area (TPSA) is 125 Å². The van der Waals surface area contributed by atoms with Crippen molar-refractivity contribution in [1.82, 2.24) is 10.2 Å². The fourth-order valence-electron chi connectivity index (χ4n) is 4.52. The molecule has 0 fully saturated rings. The van der Waals surface area contributed by atoms with Gasteiger partial charge >= 0.3 is 0 Å². The van der Waals surface area contributed by atoms with E-state index in [2.05, 4.69) is 21.6 Å². The van der Waals surface area contributed by atoms with Gasteiger partial charge in [0.1, 0.15) is 11.6 Å². The number of thioether (sulfide) groups is 1. The molecule has 1 unspecified atom stereocenters.